The number of halogens is 1. The van der Waals surface area contributed by atoms with Crippen LogP contribution in [-0.4, -0.2) is 20.4 Å². The Balaban J connectivity index is 1.77. The smallest absolute Gasteiger partial charge is 0.287 e. The molecule has 0 saturated heterocycles. The lowest BCUT2D eigenvalue weighted by atomic mass is 10.1. The second-order valence-electron chi connectivity index (χ2n) is 5.47. The summed E-state index contributed by atoms with van der Waals surface area (Å²) in [5, 5.41) is 8.00. The Labute approximate surface area is 125 Å². The molecule has 1 amide bonds. The van der Waals surface area contributed by atoms with Crippen LogP contribution >= 0.6 is 15.9 Å². The molecule has 110 valence electrons. The van der Waals surface area contributed by atoms with E-state index in [0.29, 0.717) is 11.8 Å². The van der Waals surface area contributed by atoms with Crippen LogP contribution in [0.4, 0.5) is 0 Å². The molecule has 3 N–H and O–H groups in total. The molecule has 1 aromatic heterocycles. The molecule has 0 spiro atoms. The number of furan rings is 1. The van der Waals surface area contributed by atoms with Crippen molar-refractivity contribution in [1.82, 2.24) is 5.32 Å². The largest absolute Gasteiger partial charge is 0.443 e. The van der Waals surface area contributed by atoms with Gasteiger partial charge in [0.15, 0.2) is 10.4 Å². The van der Waals surface area contributed by atoms with Crippen LogP contribution in [0.5, 0.6) is 0 Å². The standard InChI is InChI=1S/C12H15BrN2O4S/c13-11-9(20(14,17)18)5-8(19-11)12(16)15-10(6-1-2-6)7-3-4-7/h5-7,10H,1-4H2,(H,15,16)(H2,14,17,18). The Morgan fingerprint density at radius 2 is 1.90 bits per heavy atom. The summed E-state index contributed by atoms with van der Waals surface area (Å²) in [6.07, 6.45) is 4.58. The lowest BCUT2D eigenvalue weighted by Crippen LogP contribution is -2.37. The molecule has 1 heterocycles. The minimum Gasteiger partial charge on any atom is -0.443 e. The van der Waals surface area contributed by atoms with Gasteiger partial charge in [0.1, 0.15) is 4.90 Å². The van der Waals surface area contributed by atoms with E-state index in [1.165, 1.54) is 0 Å². The Hall–Kier alpha value is -0.860. The number of amides is 1. The third-order valence-corrected chi connectivity index (χ3v) is 5.51. The van der Waals surface area contributed by atoms with Gasteiger partial charge in [-0.15, -0.1) is 0 Å². The summed E-state index contributed by atoms with van der Waals surface area (Å²) in [4.78, 5) is 11.9. The summed E-state index contributed by atoms with van der Waals surface area (Å²) in [5.74, 6) is 0.696. The molecule has 0 aliphatic heterocycles. The second-order valence-corrected chi connectivity index (χ2v) is 7.72. The summed E-state index contributed by atoms with van der Waals surface area (Å²) < 4.78 is 27.7. The molecular formula is C12H15BrN2O4S. The monoisotopic (exact) mass is 362 g/mol. The lowest BCUT2D eigenvalue weighted by molar-refractivity contribution is 0.0897. The van der Waals surface area contributed by atoms with Crippen molar-refractivity contribution in [2.45, 2.75) is 36.6 Å². The lowest BCUT2D eigenvalue weighted by Gasteiger charge is -2.16. The highest BCUT2D eigenvalue weighted by Crippen LogP contribution is 2.44. The molecule has 2 aliphatic carbocycles. The van der Waals surface area contributed by atoms with Crippen LogP contribution in [0.25, 0.3) is 0 Å². The summed E-state index contributed by atoms with van der Waals surface area (Å²) in [5.41, 5.74) is 0. The summed E-state index contributed by atoms with van der Waals surface area (Å²) in [7, 11) is -3.90. The van der Waals surface area contributed by atoms with Crippen molar-refractivity contribution < 1.29 is 17.6 Å². The van der Waals surface area contributed by atoms with Crippen molar-refractivity contribution in [3.63, 3.8) is 0 Å². The number of hydrogen-bond acceptors (Lipinski definition) is 4. The molecular weight excluding hydrogens is 348 g/mol. The minimum absolute atomic E-state index is 0.0350. The maximum atomic E-state index is 12.2. The highest BCUT2D eigenvalue weighted by Gasteiger charge is 2.42. The zero-order valence-electron chi connectivity index (χ0n) is 10.6. The third-order valence-electron chi connectivity index (χ3n) is 3.74. The Kier molecular flexibility index (Phi) is 3.42. The first-order valence-corrected chi connectivity index (χ1v) is 8.83. The molecule has 0 radical (unpaired) electrons. The quantitative estimate of drug-likeness (QED) is 0.830. The van der Waals surface area contributed by atoms with E-state index in [1.807, 2.05) is 0 Å². The molecule has 2 aliphatic rings. The number of carbonyl (C=O) groups is 1. The topological polar surface area (TPSA) is 102 Å². The van der Waals surface area contributed by atoms with E-state index in [1.54, 1.807) is 0 Å². The predicted octanol–water partition coefficient (Wildman–Crippen LogP) is 1.61. The first kappa shape index (κ1) is 14.1. The molecule has 0 atom stereocenters. The van der Waals surface area contributed by atoms with E-state index in [-0.39, 0.29) is 27.3 Å². The zero-order valence-corrected chi connectivity index (χ0v) is 13.0. The van der Waals surface area contributed by atoms with Crippen molar-refractivity contribution in [3.8, 4) is 0 Å². The number of nitrogens with two attached hydrogens (primary N) is 1. The SMILES string of the molecule is NS(=O)(=O)c1cc(C(=O)NC(C2CC2)C2CC2)oc1Br. The van der Waals surface area contributed by atoms with Crippen molar-refractivity contribution >= 4 is 31.9 Å². The summed E-state index contributed by atoms with van der Waals surface area (Å²) in [6.45, 7) is 0. The molecule has 0 aromatic carbocycles. The van der Waals surface area contributed by atoms with Gasteiger partial charge in [-0.2, -0.15) is 0 Å². The average molecular weight is 363 g/mol. The second kappa shape index (κ2) is 4.85. The fourth-order valence-electron chi connectivity index (χ4n) is 2.41. The molecule has 20 heavy (non-hydrogen) atoms. The van der Waals surface area contributed by atoms with Crippen LogP contribution in [0.1, 0.15) is 36.2 Å². The normalized spacial score (nSPS) is 19.4. The maximum absolute atomic E-state index is 12.2. The predicted molar refractivity (Wildman–Crippen MR) is 74.5 cm³/mol. The van der Waals surface area contributed by atoms with E-state index >= 15 is 0 Å². The van der Waals surface area contributed by atoms with Crippen molar-refractivity contribution in [3.05, 3.63) is 16.5 Å². The molecule has 0 unspecified atom stereocenters. The van der Waals surface area contributed by atoms with Gasteiger partial charge in [0.05, 0.1) is 0 Å². The van der Waals surface area contributed by atoms with Gasteiger partial charge in [-0.3, -0.25) is 4.79 Å². The van der Waals surface area contributed by atoms with Gasteiger partial charge in [0, 0.05) is 12.1 Å². The van der Waals surface area contributed by atoms with E-state index in [0.717, 1.165) is 31.7 Å². The zero-order chi connectivity index (χ0) is 14.5. The van der Waals surface area contributed by atoms with Gasteiger partial charge < -0.3 is 9.73 Å². The first-order chi connectivity index (χ1) is 9.36. The third kappa shape index (κ3) is 2.91. The highest BCUT2D eigenvalue weighted by atomic mass is 79.9. The Morgan fingerprint density at radius 1 is 1.35 bits per heavy atom. The van der Waals surface area contributed by atoms with Crippen LogP contribution in [0.15, 0.2) is 20.0 Å². The fraction of sp³-hybridized carbons (Fsp3) is 0.583. The number of carbonyl (C=O) groups excluding carboxylic acids is 1. The van der Waals surface area contributed by atoms with E-state index in [9.17, 15) is 13.2 Å². The summed E-state index contributed by atoms with van der Waals surface area (Å²) in [6, 6.07) is 1.34. The van der Waals surface area contributed by atoms with Crippen LogP contribution < -0.4 is 10.5 Å². The van der Waals surface area contributed by atoms with Gasteiger partial charge in [-0.1, -0.05) is 0 Å². The van der Waals surface area contributed by atoms with E-state index < -0.39 is 10.0 Å². The number of sulfonamides is 1. The van der Waals surface area contributed by atoms with Crippen LogP contribution in [0.2, 0.25) is 0 Å². The Bertz CT molecular complexity index is 634. The van der Waals surface area contributed by atoms with E-state index in [2.05, 4.69) is 21.2 Å². The van der Waals surface area contributed by atoms with Gasteiger partial charge in [0.2, 0.25) is 10.0 Å². The van der Waals surface area contributed by atoms with Crippen molar-refractivity contribution in [2.24, 2.45) is 17.0 Å². The van der Waals surface area contributed by atoms with Gasteiger partial charge in [0.25, 0.3) is 5.91 Å². The van der Waals surface area contributed by atoms with Gasteiger partial charge in [-0.05, 0) is 53.4 Å². The first-order valence-electron chi connectivity index (χ1n) is 6.49. The van der Waals surface area contributed by atoms with Crippen LogP contribution in [0.3, 0.4) is 0 Å². The van der Waals surface area contributed by atoms with Crippen LogP contribution in [0, 0.1) is 11.8 Å². The average Bonchev–Trinajstić information content (AvgIpc) is 3.22. The van der Waals surface area contributed by atoms with Crippen LogP contribution in [-0.2, 0) is 10.0 Å². The molecule has 8 heteroatoms. The van der Waals surface area contributed by atoms with Crippen molar-refractivity contribution in [1.29, 1.82) is 0 Å². The van der Waals surface area contributed by atoms with Gasteiger partial charge >= 0.3 is 0 Å². The number of primary sulfonamides is 1. The summed E-state index contributed by atoms with van der Waals surface area (Å²) >= 11 is 2.96. The highest BCUT2D eigenvalue weighted by molar-refractivity contribution is 9.10. The van der Waals surface area contributed by atoms with Crippen molar-refractivity contribution in [2.75, 3.05) is 0 Å². The maximum Gasteiger partial charge on any atom is 0.287 e. The minimum atomic E-state index is -3.90. The molecule has 2 fully saturated rings. The molecule has 0 bridgehead atoms. The molecule has 2 saturated carbocycles. The fourth-order valence-corrected chi connectivity index (χ4v) is 3.91. The molecule has 3 rings (SSSR count). The molecule has 6 nitrogen and oxygen atoms in total. The number of nitrogens with one attached hydrogen (secondary N) is 1. The number of rotatable bonds is 5. The number of hydrogen-bond donors (Lipinski definition) is 2. The Morgan fingerprint density at radius 3 is 2.30 bits per heavy atom. The molecule has 1 aromatic rings. The van der Waals surface area contributed by atoms with Gasteiger partial charge in [-0.25, -0.2) is 13.6 Å². The van der Waals surface area contributed by atoms with E-state index in [4.69, 9.17) is 9.56 Å².